The van der Waals surface area contributed by atoms with Crippen LogP contribution in [0.2, 0.25) is 0 Å². The molecule has 0 aliphatic heterocycles. The van der Waals surface area contributed by atoms with Gasteiger partial charge in [0.15, 0.2) is 0 Å². The highest BCUT2D eigenvalue weighted by Crippen LogP contribution is 2.19. The lowest BCUT2D eigenvalue weighted by molar-refractivity contribution is 0.569. The van der Waals surface area contributed by atoms with Crippen molar-refractivity contribution in [2.45, 2.75) is 19.4 Å². The Labute approximate surface area is 107 Å². The summed E-state index contributed by atoms with van der Waals surface area (Å²) in [5.41, 5.74) is 2.62. The molecule has 1 N–H and O–H groups in total. The van der Waals surface area contributed by atoms with Crippen molar-refractivity contribution < 1.29 is 4.39 Å². The lowest BCUT2D eigenvalue weighted by atomic mass is 10.0. The number of likely N-dealkylation sites (N-methyl/N-ethyl adjacent to an activating group) is 1. The Morgan fingerprint density at radius 3 is 2.72 bits per heavy atom. The van der Waals surface area contributed by atoms with Crippen molar-refractivity contribution in [1.82, 2.24) is 10.3 Å². The zero-order valence-electron chi connectivity index (χ0n) is 10.7. The first-order valence-corrected chi connectivity index (χ1v) is 6.04. The minimum atomic E-state index is -0.159. The molecule has 0 radical (unpaired) electrons. The maximum atomic E-state index is 13.6. The molecule has 1 atom stereocenters. The van der Waals surface area contributed by atoms with Crippen LogP contribution in [-0.4, -0.2) is 12.0 Å². The fraction of sp³-hybridized carbons (Fsp3) is 0.267. The molecule has 2 aromatic rings. The lowest BCUT2D eigenvalue weighted by Crippen LogP contribution is -2.19. The van der Waals surface area contributed by atoms with Crippen molar-refractivity contribution in [2.75, 3.05) is 7.05 Å². The van der Waals surface area contributed by atoms with E-state index >= 15 is 0 Å². The van der Waals surface area contributed by atoms with Gasteiger partial charge in [0.1, 0.15) is 5.82 Å². The Morgan fingerprint density at radius 2 is 2.11 bits per heavy atom. The highest BCUT2D eigenvalue weighted by atomic mass is 19.1. The molecular formula is C15H17FN2. The van der Waals surface area contributed by atoms with Gasteiger partial charge < -0.3 is 5.32 Å². The minimum absolute atomic E-state index is 0.0787. The molecule has 3 heteroatoms. The summed E-state index contributed by atoms with van der Waals surface area (Å²) in [5, 5.41) is 3.21. The molecule has 0 aliphatic carbocycles. The van der Waals surface area contributed by atoms with E-state index in [-0.39, 0.29) is 11.9 Å². The molecule has 1 unspecified atom stereocenters. The summed E-state index contributed by atoms with van der Waals surface area (Å²) in [6, 6.07) is 11.3. The van der Waals surface area contributed by atoms with E-state index in [2.05, 4.69) is 10.3 Å². The van der Waals surface area contributed by atoms with E-state index in [9.17, 15) is 4.39 Å². The first kappa shape index (κ1) is 12.7. The van der Waals surface area contributed by atoms with Gasteiger partial charge in [0.2, 0.25) is 0 Å². The minimum Gasteiger partial charge on any atom is -0.313 e. The molecule has 0 bridgehead atoms. The number of pyridine rings is 1. The molecule has 0 spiro atoms. The maximum absolute atomic E-state index is 13.6. The molecule has 1 aromatic carbocycles. The average Bonchev–Trinajstić information content (AvgIpc) is 2.40. The van der Waals surface area contributed by atoms with Crippen molar-refractivity contribution in [3.05, 3.63) is 65.2 Å². The van der Waals surface area contributed by atoms with E-state index in [1.165, 1.54) is 0 Å². The van der Waals surface area contributed by atoms with Gasteiger partial charge >= 0.3 is 0 Å². The predicted octanol–water partition coefficient (Wildman–Crippen LogP) is 3.03. The molecule has 2 nitrogen and oxygen atoms in total. The number of nitrogens with zero attached hydrogens (tertiary/aromatic N) is 1. The predicted molar refractivity (Wildman–Crippen MR) is 70.9 cm³/mol. The Hall–Kier alpha value is -1.74. The van der Waals surface area contributed by atoms with Crippen LogP contribution < -0.4 is 5.32 Å². The summed E-state index contributed by atoms with van der Waals surface area (Å²) in [6.07, 6.45) is 2.53. The Kier molecular flexibility index (Phi) is 4.05. The van der Waals surface area contributed by atoms with Gasteiger partial charge in [-0.15, -0.1) is 0 Å². The third-order valence-electron chi connectivity index (χ3n) is 3.09. The average molecular weight is 244 g/mol. The fourth-order valence-corrected chi connectivity index (χ4v) is 1.94. The SMILES string of the molecule is CNC(Cc1ccccn1)c1ccc(C)c(F)c1. The third kappa shape index (κ3) is 2.93. The number of nitrogens with one attached hydrogen (secondary N) is 1. The maximum Gasteiger partial charge on any atom is 0.126 e. The Morgan fingerprint density at radius 1 is 1.28 bits per heavy atom. The van der Waals surface area contributed by atoms with Gasteiger partial charge in [-0.2, -0.15) is 0 Å². The van der Waals surface area contributed by atoms with Crippen LogP contribution in [0.3, 0.4) is 0 Å². The second-order valence-corrected chi connectivity index (χ2v) is 4.38. The van der Waals surface area contributed by atoms with E-state index < -0.39 is 0 Å². The molecule has 0 fully saturated rings. The van der Waals surface area contributed by atoms with Gasteiger partial charge in [0.05, 0.1) is 0 Å². The Bertz CT molecular complexity index is 511. The number of aryl methyl sites for hydroxylation is 1. The molecule has 0 aliphatic rings. The quantitative estimate of drug-likeness (QED) is 0.894. The molecule has 1 heterocycles. The van der Waals surface area contributed by atoms with Crippen LogP contribution in [0.4, 0.5) is 4.39 Å². The van der Waals surface area contributed by atoms with Crippen molar-refractivity contribution in [3.8, 4) is 0 Å². The van der Waals surface area contributed by atoms with E-state index in [0.29, 0.717) is 5.56 Å². The summed E-state index contributed by atoms with van der Waals surface area (Å²) in [7, 11) is 1.88. The van der Waals surface area contributed by atoms with Crippen LogP contribution in [0.5, 0.6) is 0 Å². The summed E-state index contributed by atoms with van der Waals surface area (Å²) >= 11 is 0. The molecular weight excluding hydrogens is 227 g/mol. The molecule has 0 saturated carbocycles. The van der Waals surface area contributed by atoms with Crippen molar-refractivity contribution >= 4 is 0 Å². The normalized spacial score (nSPS) is 12.4. The zero-order valence-corrected chi connectivity index (χ0v) is 10.7. The van der Waals surface area contributed by atoms with Crippen LogP contribution in [-0.2, 0) is 6.42 Å². The van der Waals surface area contributed by atoms with Gasteiger partial charge in [0.25, 0.3) is 0 Å². The van der Waals surface area contributed by atoms with E-state index in [0.717, 1.165) is 17.7 Å². The molecule has 2 rings (SSSR count). The zero-order chi connectivity index (χ0) is 13.0. The molecule has 0 saturated heterocycles. The fourth-order valence-electron chi connectivity index (χ4n) is 1.94. The van der Waals surface area contributed by atoms with Crippen molar-refractivity contribution in [2.24, 2.45) is 0 Å². The van der Waals surface area contributed by atoms with Gasteiger partial charge in [-0.3, -0.25) is 4.98 Å². The summed E-state index contributed by atoms with van der Waals surface area (Å²) < 4.78 is 13.6. The first-order valence-electron chi connectivity index (χ1n) is 6.04. The third-order valence-corrected chi connectivity index (χ3v) is 3.09. The van der Waals surface area contributed by atoms with Crippen LogP contribution in [0.15, 0.2) is 42.6 Å². The summed E-state index contributed by atoms with van der Waals surface area (Å²) in [4.78, 5) is 4.30. The van der Waals surface area contributed by atoms with Crippen molar-refractivity contribution in [3.63, 3.8) is 0 Å². The van der Waals surface area contributed by atoms with Gasteiger partial charge in [-0.1, -0.05) is 18.2 Å². The number of hydrogen-bond acceptors (Lipinski definition) is 2. The molecule has 94 valence electrons. The van der Waals surface area contributed by atoms with Crippen LogP contribution in [0, 0.1) is 12.7 Å². The number of hydrogen-bond donors (Lipinski definition) is 1. The first-order chi connectivity index (χ1) is 8.70. The lowest BCUT2D eigenvalue weighted by Gasteiger charge is -2.16. The van der Waals surface area contributed by atoms with Gasteiger partial charge in [0, 0.05) is 24.4 Å². The Balaban J connectivity index is 2.20. The summed E-state index contributed by atoms with van der Waals surface area (Å²) in [6.45, 7) is 1.77. The molecule has 1 aromatic heterocycles. The number of aromatic nitrogens is 1. The number of benzene rings is 1. The van der Waals surface area contributed by atoms with Gasteiger partial charge in [-0.25, -0.2) is 4.39 Å². The monoisotopic (exact) mass is 244 g/mol. The molecule has 0 amide bonds. The standard InChI is InChI=1S/C15H17FN2/c1-11-6-7-12(9-14(11)16)15(17-2)10-13-5-3-4-8-18-13/h3-9,15,17H,10H2,1-2H3. The summed E-state index contributed by atoms with van der Waals surface area (Å²) in [5.74, 6) is -0.159. The van der Waals surface area contributed by atoms with E-state index in [1.54, 1.807) is 19.2 Å². The van der Waals surface area contributed by atoms with Crippen LogP contribution in [0.1, 0.15) is 22.9 Å². The highest BCUT2D eigenvalue weighted by molar-refractivity contribution is 5.26. The highest BCUT2D eigenvalue weighted by Gasteiger charge is 2.12. The van der Waals surface area contributed by atoms with E-state index in [1.807, 2.05) is 37.4 Å². The molecule has 18 heavy (non-hydrogen) atoms. The topological polar surface area (TPSA) is 24.9 Å². The smallest absolute Gasteiger partial charge is 0.126 e. The van der Waals surface area contributed by atoms with Crippen LogP contribution in [0.25, 0.3) is 0 Å². The second kappa shape index (κ2) is 5.74. The number of rotatable bonds is 4. The van der Waals surface area contributed by atoms with Crippen LogP contribution >= 0.6 is 0 Å². The van der Waals surface area contributed by atoms with Gasteiger partial charge in [-0.05, 0) is 43.3 Å². The van der Waals surface area contributed by atoms with E-state index in [4.69, 9.17) is 0 Å². The van der Waals surface area contributed by atoms with Crippen molar-refractivity contribution in [1.29, 1.82) is 0 Å². The second-order valence-electron chi connectivity index (χ2n) is 4.38. The number of halogens is 1. The largest absolute Gasteiger partial charge is 0.313 e.